The highest BCUT2D eigenvalue weighted by atomic mass is 127. The predicted octanol–water partition coefficient (Wildman–Crippen LogP) is 3.16. The van der Waals surface area contributed by atoms with Crippen molar-refractivity contribution in [3.8, 4) is 0 Å². The number of nitrogens with zero attached hydrogens (tertiary/aromatic N) is 3. The van der Waals surface area contributed by atoms with Crippen LogP contribution in [-0.4, -0.2) is 55.0 Å². The van der Waals surface area contributed by atoms with Crippen LogP contribution in [-0.2, 0) is 0 Å². The third-order valence-corrected chi connectivity index (χ3v) is 5.53. The topological polar surface area (TPSA) is 44.9 Å². The lowest BCUT2D eigenvalue weighted by Gasteiger charge is -2.44. The Labute approximate surface area is 153 Å². The van der Waals surface area contributed by atoms with Gasteiger partial charge in [0.25, 0.3) is 0 Å². The van der Waals surface area contributed by atoms with Crippen molar-refractivity contribution in [2.45, 2.75) is 57.9 Å². The number of likely N-dealkylation sites (N-methyl/N-ethyl adjacent to an activating group) is 1. The summed E-state index contributed by atoms with van der Waals surface area (Å²) < 4.78 is 0. The molecular formula is C17H35IN4. The van der Waals surface area contributed by atoms with E-state index < -0.39 is 0 Å². The fraction of sp³-hybridized carbons (Fsp3) is 0.941. The number of piperidine rings is 1. The van der Waals surface area contributed by atoms with Crippen LogP contribution < -0.4 is 5.73 Å². The van der Waals surface area contributed by atoms with Crippen LogP contribution in [0.25, 0.3) is 0 Å². The Bertz CT molecular complexity index is 372. The zero-order valence-electron chi connectivity index (χ0n) is 14.8. The summed E-state index contributed by atoms with van der Waals surface area (Å²) in [6.07, 6.45) is 7.73. The molecule has 2 fully saturated rings. The summed E-state index contributed by atoms with van der Waals surface area (Å²) in [5.74, 6) is 2.30. The second-order valence-electron chi connectivity index (χ2n) is 7.69. The second kappa shape index (κ2) is 8.71. The van der Waals surface area contributed by atoms with E-state index in [1.54, 1.807) is 0 Å². The number of aliphatic imine (C=N–C) groups is 1. The molecule has 0 aromatic carbocycles. The van der Waals surface area contributed by atoms with Crippen molar-refractivity contribution in [3.63, 3.8) is 0 Å². The van der Waals surface area contributed by atoms with Crippen molar-refractivity contribution >= 4 is 29.9 Å². The van der Waals surface area contributed by atoms with Crippen LogP contribution in [0, 0.1) is 11.8 Å². The number of likely N-dealkylation sites (tertiary alicyclic amines) is 1. The molecule has 2 aliphatic rings. The van der Waals surface area contributed by atoms with Gasteiger partial charge < -0.3 is 15.5 Å². The van der Waals surface area contributed by atoms with Crippen molar-refractivity contribution in [3.05, 3.63) is 0 Å². The molecule has 2 rings (SSSR count). The molecule has 0 radical (unpaired) electrons. The van der Waals surface area contributed by atoms with Gasteiger partial charge in [-0.1, -0.05) is 26.7 Å². The lowest BCUT2D eigenvalue weighted by atomic mass is 9.75. The minimum Gasteiger partial charge on any atom is -0.370 e. The SMILES string of the molecule is CC1CCCN(C(N)=NCC2(N(C)C)CCCC(C)C2)C1.I. The van der Waals surface area contributed by atoms with E-state index in [1.807, 2.05) is 0 Å². The fourth-order valence-corrected chi connectivity index (χ4v) is 4.05. The number of hydrogen-bond acceptors (Lipinski definition) is 2. The Morgan fingerprint density at radius 1 is 1.23 bits per heavy atom. The first-order valence-electron chi connectivity index (χ1n) is 8.65. The molecule has 130 valence electrons. The van der Waals surface area contributed by atoms with Crippen molar-refractivity contribution in [1.82, 2.24) is 9.80 Å². The lowest BCUT2D eigenvalue weighted by Crippen LogP contribution is -2.51. The Balaban J connectivity index is 0.00000242. The van der Waals surface area contributed by atoms with Gasteiger partial charge in [-0.2, -0.15) is 0 Å². The van der Waals surface area contributed by atoms with Gasteiger partial charge in [0, 0.05) is 18.6 Å². The summed E-state index contributed by atoms with van der Waals surface area (Å²) >= 11 is 0. The van der Waals surface area contributed by atoms with Crippen LogP contribution >= 0.6 is 24.0 Å². The number of nitrogens with two attached hydrogens (primary N) is 1. The highest BCUT2D eigenvalue weighted by molar-refractivity contribution is 14.0. The predicted molar refractivity (Wildman–Crippen MR) is 106 cm³/mol. The molecule has 0 amide bonds. The van der Waals surface area contributed by atoms with E-state index in [1.165, 1.54) is 38.5 Å². The number of halogens is 1. The minimum absolute atomic E-state index is 0. The summed E-state index contributed by atoms with van der Waals surface area (Å²) in [7, 11) is 4.40. The van der Waals surface area contributed by atoms with Crippen LogP contribution in [0.4, 0.5) is 0 Å². The third-order valence-electron chi connectivity index (χ3n) is 5.53. The summed E-state index contributed by atoms with van der Waals surface area (Å²) in [5.41, 5.74) is 6.49. The van der Waals surface area contributed by atoms with Gasteiger partial charge in [-0.3, -0.25) is 4.99 Å². The molecule has 1 heterocycles. The first-order chi connectivity index (χ1) is 9.93. The standard InChI is InChI=1S/C17H34N4.HI/c1-14-7-5-9-17(11-14,20(3)4)13-19-16(18)21-10-6-8-15(2)12-21;/h14-15H,5-13H2,1-4H3,(H2,18,19);1H. The van der Waals surface area contributed by atoms with E-state index in [9.17, 15) is 0 Å². The van der Waals surface area contributed by atoms with Crippen molar-refractivity contribution in [2.75, 3.05) is 33.7 Å². The lowest BCUT2D eigenvalue weighted by molar-refractivity contribution is 0.0842. The Hall–Kier alpha value is -0.0400. The molecule has 1 aliphatic heterocycles. The number of rotatable bonds is 3. The molecule has 0 aromatic rings. The van der Waals surface area contributed by atoms with Crippen molar-refractivity contribution < 1.29 is 0 Å². The van der Waals surface area contributed by atoms with E-state index in [4.69, 9.17) is 10.7 Å². The molecule has 0 aromatic heterocycles. The van der Waals surface area contributed by atoms with Gasteiger partial charge >= 0.3 is 0 Å². The highest BCUT2D eigenvalue weighted by Crippen LogP contribution is 2.36. The minimum atomic E-state index is 0. The van der Waals surface area contributed by atoms with Gasteiger partial charge in [0.1, 0.15) is 0 Å². The van der Waals surface area contributed by atoms with Gasteiger partial charge in [0.2, 0.25) is 0 Å². The molecule has 5 heteroatoms. The van der Waals surface area contributed by atoms with E-state index in [0.717, 1.165) is 37.4 Å². The third kappa shape index (κ3) is 4.98. The molecule has 1 aliphatic carbocycles. The van der Waals surface area contributed by atoms with Crippen LogP contribution in [0.2, 0.25) is 0 Å². The number of guanidine groups is 1. The summed E-state index contributed by atoms with van der Waals surface area (Å²) in [5, 5.41) is 0. The van der Waals surface area contributed by atoms with Crippen LogP contribution in [0.15, 0.2) is 4.99 Å². The Kier molecular flexibility index (Phi) is 7.92. The van der Waals surface area contributed by atoms with Crippen molar-refractivity contribution in [2.24, 2.45) is 22.6 Å². The summed E-state index contributed by atoms with van der Waals surface area (Å²) in [6.45, 7) is 7.67. The molecule has 1 saturated carbocycles. The summed E-state index contributed by atoms with van der Waals surface area (Å²) in [4.78, 5) is 9.48. The number of hydrogen-bond donors (Lipinski definition) is 1. The zero-order valence-corrected chi connectivity index (χ0v) is 17.2. The maximum absolute atomic E-state index is 6.28. The Morgan fingerprint density at radius 3 is 2.50 bits per heavy atom. The van der Waals surface area contributed by atoms with Gasteiger partial charge in [-0.05, 0) is 51.6 Å². The monoisotopic (exact) mass is 422 g/mol. The molecular weight excluding hydrogens is 387 g/mol. The largest absolute Gasteiger partial charge is 0.370 e. The quantitative estimate of drug-likeness (QED) is 0.432. The maximum atomic E-state index is 6.28. The fourth-order valence-electron chi connectivity index (χ4n) is 4.05. The Morgan fingerprint density at radius 2 is 1.91 bits per heavy atom. The van der Waals surface area contributed by atoms with Gasteiger partial charge in [0.05, 0.1) is 6.54 Å². The first kappa shape index (κ1) is 20.0. The van der Waals surface area contributed by atoms with Gasteiger partial charge in [-0.15, -0.1) is 24.0 Å². The molecule has 3 atom stereocenters. The summed E-state index contributed by atoms with van der Waals surface area (Å²) in [6, 6.07) is 0. The maximum Gasteiger partial charge on any atom is 0.191 e. The molecule has 2 N–H and O–H groups in total. The van der Waals surface area contributed by atoms with E-state index in [-0.39, 0.29) is 29.5 Å². The normalized spacial score (nSPS) is 33.7. The van der Waals surface area contributed by atoms with Crippen LogP contribution in [0.3, 0.4) is 0 Å². The smallest absolute Gasteiger partial charge is 0.191 e. The first-order valence-corrected chi connectivity index (χ1v) is 8.65. The van der Waals surface area contributed by atoms with Crippen LogP contribution in [0.5, 0.6) is 0 Å². The van der Waals surface area contributed by atoms with Crippen molar-refractivity contribution in [1.29, 1.82) is 0 Å². The van der Waals surface area contributed by atoms with Gasteiger partial charge in [0.15, 0.2) is 5.96 Å². The molecule has 22 heavy (non-hydrogen) atoms. The van der Waals surface area contributed by atoms with E-state index in [0.29, 0.717) is 0 Å². The molecule has 4 nitrogen and oxygen atoms in total. The second-order valence-corrected chi connectivity index (χ2v) is 7.69. The highest BCUT2D eigenvalue weighted by Gasteiger charge is 2.37. The van der Waals surface area contributed by atoms with Gasteiger partial charge in [-0.25, -0.2) is 0 Å². The molecule has 0 spiro atoms. The molecule has 3 unspecified atom stereocenters. The average Bonchev–Trinajstić information content (AvgIpc) is 2.44. The van der Waals surface area contributed by atoms with E-state index >= 15 is 0 Å². The molecule has 0 bridgehead atoms. The van der Waals surface area contributed by atoms with E-state index in [2.05, 4.69) is 37.7 Å². The zero-order chi connectivity index (χ0) is 15.5. The molecule has 1 saturated heterocycles. The van der Waals surface area contributed by atoms with Crippen LogP contribution in [0.1, 0.15) is 52.4 Å². The average molecular weight is 422 g/mol.